The highest BCUT2D eigenvalue weighted by molar-refractivity contribution is 5.97. The molecule has 1 aliphatic rings. The molecule has 26 heavy (non-hydrogen) atoms. The number of carbonyl (C=O) groups is 2. The Hall–Kier alpha value is -2.49. The normalized spacial score (nSPS) is 14.4. The molecular weight excluding hydrogens is 331 g/mol. The van der Waals surface area contributed by atoms with Gasteiger partial charge in [-0.05, 0) is 48.6 Å². The zero-order valence-electron chi connectivity index (χ0n) is 15.0. The Labute approximate surface area is 153 Å². The molecule has 3 nitrogen and oxygen atoms in total. The molecule has 0 aromatic heterocycles. The van der Waals surface area contributed by atoms with Crippen molar-refractivity contribution in [3.05, 3.63) is 53.8 Å². The summed E-state index contributed by atoms with van der Waals surface area (Å²) in [6.45, 7) is 1.79. The largest absolute Gasteiger partial charge is 0.426 e. The van der Waals surface area contributed by atoms with Crippen molar-refractivity contribution in [2.75, 3.05) is 0 Å². The molecule has 0 radical (unpaired) electrons. The molecule has 4 heteroatoms. The Bertz CT molecular complexity index is 807. The van der Waals surface area contributed by atoms with E-state index >= 15 is 0 Å². The quantitative estimate of drug-likeness (QED) is 0.387. The zero-order chi connectivity index (χ0) is 18.5. The van der Waals surface area contributed by atoms with Crippen LogP contribution in [0.25, 0.3) is 11.1 Å². The molecule has 0 heterocycles. The molecule has 2 aromatic carbocycles. The molecule has 1 saturated carbocycles. The molecule has 0 saturated heterocycles. The Morgan fingerprint density at radius 1 is 1.12 bits per heavy atom. The van der Waals surface area contributed by atoms with E-state index in [0.29, 0.717) is 41.2 Å². The predicted octanol–water partition coefficient (Wildman–Crippen LogP) is 5.57. The van der Waals surface area contributed by atoms with Crippen LogP contribution in [0.5, 0.6) is 5.75 Å². The van der Waals surface area contributed by atoms with Crippen molar-refractivity contribution < 1.29 is 18.7 Å². The molecule has 0 spiro atoms. The summed E-state index contributed by atoms with van der Waals surface area (Å²) in [6.07, 6.45) is 5.29. The third-order valence-electron chi connectivity index (χ3n) is 4.92. The van der Waals surface area contributed by atoms with Gasteiger partial charge < -0.3 is 4.74 Å². The number of Topliss-reactive ketones (excluding diaryl/α,β-unsaturated/α-hetero) is 1. The van der Waals surface area contributed by atoms with E-state index < -0.39 is 5.82 Å². The summed E-state index contributed by atoms with van der Waals surface area (Å²) in [6, 6.07) is 11.2. The SMILES string of the molecule is CCC(=O)c1cccc(-c2cc(OC(=O)CC3CCCC3)ccc2F)c1. The maximum Gasteiger partial charge on any atom is 0.311 e. The van der Waals surface area contributed by atoms with Gasteiger partial charge >= 0.3 is 5.97 Å². The molecule has 0 bridgehead atoms. The first-order valence-electron chi connectivity index (χ1n) is 9.20. The van der Waals surface area contributed by atoms with Crippen LogP contribution in [0.4, 0.5) is 4.39 Å². The van der Waals surface area contributed by atoms with Gasteiger partial charge in [0.05, 0.1) is 0 Å². The van der Waals surface area contributed by atoms with Crippen LogP contribution < -0.4 is 4.74 Å². The van der Waals surface area contributed by atoms with Crippen LogP contribution in [0.1, 0.15) is 55.8 Å². The Morgan fingerprint density at radius 2 is 1.88 bits per heavy atom. The molecule has 0 amide bonds. The second-order valence-electron chi connectivity index (χ2n) is 6.83. The number of benzene rings is 2. The van der Waals surface area contributed by atoms with Gasteiger partial charge in [0.15, 0.2) is 5.78 Å². The van der Waals surface area contributed by atoms with E-state index in [1.807, 2.05) is 0 Å². The zero-order valence-corrected chi connectivity index (χ0v) is 15.0. The van der Waals surface area contributed by atoms with Crippen molar-refractivity contribution in [3.63, 3.8) is 0 Å². The average Bonchev–Trinajstić information content (AvgIpc) is 3.15. The second kappa shape index (κ2) is 8.26. The number of esters is 1. The summed E-state index contributed by atoms with van der Waals surface area (Å²) in [5, 5.41) is 0. The summed E-state index contributed by atoms with van der Waals surface area (Å²) in [4.78, 5) is 24.0. The van der Waals surface area contributed by atoms with Gasteiger partial charge in [0.25, 0.3) is 0 Å². The van der Waals surface area contributed by atoms with Crippen molar-refractivity contribution in [2.45, 2.75) is 45.4 Å². The van der Waals surface area contributed by atoms with Gasteiger partial charge in [-0.3, -0.25) is 9.59 Å². The molecule has 1 fully saturated rings. The second-order valence-corrected chi connectivity index (χ2v) is 6.83. The van der Waals surface area contributed by atoms with Gasteiger partial charge in [0.2, 0.25) is 0 Å². The third kappa shape index (κ3) is 4.37. The lowest BCUT2D eigenvalue weighted by atomic mass is 10.00. The highest BCUT2D eigenvalue weighted by Gasteiger charge is 2.20. The molecule has 0 atom stereocenters. The minimum Gasteiger partial charge on any atom is -0.426 e. The lowest BCUT2D eigenvalue weighted by Gasteiger charge is -2.11. The van der Waals surface area contributed by atoms with E-state index in [9.17, 15) is 14.0 Å². The van der Waals surface area contributed by atoms with E-state index in [4.69, 9.17) is 4.74 Å². The predicted molar refractivity (Wildman–Crippen MR) is 98.7 cm³/mol. The maximum atomic E-state index is 14.3. The Morgan fingerprint density at radius 3 is 2.62 bits per heavy atom. The van der Waals surface area contributed by atoms with Gasteiger partial charge in [0, 0.05) is 24.0 Å². The van der Waals surface area contributed by atoms with Gasteiger partial charge in [0.1, 0.15) is 11.6 Å². The van der Waals surface area contributed by atoms with Gasteiger partial charge in [-0.15, -0.1) is 0 Å². The van der Waals surface area contributed by atoms with Crippen molar-refractivity contribution >= 4 is 11.8 Å². The number of ether oxygens (including phenoxy) is 1. The number of ketones is 1. The summed E-state index contributed by atoms with van der Waals surface area (Å²) in [5.41, 5.74) is 1.46. The average molecular weight is 354 g/mol. The standard InChI is InChI=1S/C22H23FO3/c1-2-21(24)17-9-5-8-16(13-17)19-14-18(10-11-20(19)23)26-22(25)12-15-6-3-4-7-15/h5,8-11,13-15H,2-4,6-7,12H2,1H3. The summed E-state index contributed by atoms with van der Waals surface area (Å²) in [7, 11) is 0. The van der Waals surface area contributed by atoms with Crippen molar-refractivity contribution in [1.29, 1.82) is 0 Å². The molecule has 3 rings (SSSR count). The first kappa shape index (κ1) is 18.3. The Balaban J connectivity index is 1.79. The summed E-state index contributed by atoms with van der Waals surface area (Å²) < 4.78 is 19.7. The van der Waals surface area contributed by atoms with Gasteiger partial charge in [-0.1, -0.05) is 38.0 Å². The fraction of sp³-hybridized carbons (Fsp3) is 0.364. The van der Waals surface area contributed by atoms with E-state index in [2.05, 4.69) is 0 Å². The smallest absolute Gasteiger partial charge is 0.311 e. The van der Waals surface area contributed by atoms with E-state index in [-0.39, 0.29) is 11.8 Å². The third-order valence-corrected chi connectivity index (χ3v) is 4.92. The first-order valence-corrected chi connectivity index (χ1v) is 9.20. The molecular formula is C22H23FO3. The molecule has 136 valence electrons. The minimum absolute atomic E-state index is 0.00593. The van der Waals surface area contributed by atoms with Crippen LogP contribution in [-0.2, 0) is 4.79 Å². The van der Waals surface area contributed by atoms with E-state index in [0.717, 1.165) is 12.8 Å². The maximum absolute atomic E-state index is 14.3. The first-order chi connectivity index (χ1) is 12.6. The fourth-order valence-corrected chi connectivity index (χ4v) is 3.48. The number of carbonyl (C=O) groups excluding carboxylic acids is 2. The number of halogens is 1. The molecule has 0 unspecified atom stereocenters. The summed E-state index contributed by atoms with van der Waals surface area (Å²) >= 11 is 0. The fourth-order valence-electron chi connectivity index (χ4n) is 3.48. The Kier molecular flexibility index (Phi) is 5.82. The van der Waals surface area contributed by atoms with Crippen LogP contribution in [0.2, 0.25) is 0 Å². The van der Waals surface area contributed by atoms with E-state index in [1.54, 1.807) is 31.2 Å². The highest BCUT2D eigenvalue weighted by Crippen LogP contribution is 2.30. The van der Waals surface area contributed by atoms with Crippen LogP contribution in [-0.4, -0.2) is 11.8 Å². The van der Waals surface area contributed by atoms with E-state index in [1.165, 1.54) is 31.0 Å². The van der Waals surface area contributed by atoms with Crippen molar-refractivity contribution in [1.82, 2.24) is 0 Å². The van der Waals surface area contributed by atoms with Crippen LogP contribution in [0.3, 0.4) is 0 Å². The van der Waals surface area contributed by atoms with Crippen LogP contribution in [0, 0.1) is 11.7 Å². The number of rotatable bonds is 6. The van der Waals surface area contributed by atoms with Crippen LogP contribution >= 0.6 is 0 Å². The molecule has 2 aromatic rings. The highest BCUT2D eigenvalue weighted by atomic mass is 19.1. The monoisotopic (exact) mass is 354 g/mol. The number of hydrogen-bond donors (Lipinski definition) is 0. The molecule has 1 aliphatic carbocycles. The molecule has 0 N–H and O–H groups in total. The summed E-state index contributed by atoms with van der Waals surface area (Å²) in [5.74, 6) is 0.0493. The van der Waals surface area contributed by atoms with Crippen molar-refractivity contribution in [2.24, 2.45) is 5.92 Å². The van der Waals surface area contributed by atoms with Gasteiger partial charge in [-0.25, -0.2) is 4.39 Å². The minimum atomic E-state index is -0.415. The van der Waals surface area contributed by atoms with Gasteiger partial charge in [-0.2, -0.15) is 0 Å². The lowest BCUT2D eigenvalue weighted by Crippen LogP contribution is -2.12. The lowest BCUT2D eigenvalue weighted by molar-refractivity contribution is -0.135. The number of hydrogen-bond acceptors (Lipinski definition) is 3. The van der Waals surface area contributed by atoms with Crippen LogP contribution in [0.15, 0.2) is 42.5 Å². The van der Waals surface area contributed by atoms with Crippen molar-refractivity contribution in [3.8, 4) is 16.9 Å². The molecule has 0 aliphatic heterocycles. The topological polar surface area (TPSA) is 43.4 Å².